The lowest BCUT2D eigenvalue weighted by Gasteiger charge is -2.34. The number of hydrogen-bond acceptors (Lipinski definition) is 4. The van der Waals surface area contributed by atoms with Gasteiger partial charge in [0.25, 0.3) is 0 Å². The van der Waals surface area contributed by atoms with Gasteiger partial charge in [0.1, 0.15) is 5.82 Å². The zero-order chi connectivity index (χ0) is 21.5. The van der Waals surface area contributed by atoms with Gasteiger partial charge in [0.2, 0.25) is 11.7 Å². The Morgan fingerprint density at radius 1 is 1.20 bits per heavy atom. The topological polar surface area (TPSA) is 77.0 Å². The molecule has 2 atom stereocenters. The van der Waals surface area contributed by atoms with Crippen LogP contribution in [0.1, 0.15) is 30.6 Å². The van der Waals surface area contributed by atoms with E-state index in [-0.39, 0.29) is 49.7 Å². The zero-order valence-corrected chi connectivity index (χ0v) is 16.4. The first-order valence-electron chi connectivity index (χ1n) is 8.65. The van der Waals surface area contributed by atoms with Gasteiger partial charge >= 0.3 is 6.18 Å². The number of alkyl halides is 3. The van der Waals surface area contributed by atoms with E-state index in [1.807, 2.05) is 0 Å². The third-order valence-corrected chi connectivity index (χ3v) is 4.70. The molecule has 2 heterocycles. The van der Waals surface area contributed by atoms with Crippen LogP contribution in [0.2, 0.25) is 0 Å². The predicted octanol–water partition coefficient (Wildman–Crippen LogP) is 2.83. The maximum absolute atomic E-state index is 13.7. The van der Waals surface area contributed by atoms with Gasteiger partial charge in [0, 0.05) is 31.1 Å². The summed E-state index contributed by atoms with van der Waals surface area (Å²) in [6, 6.07) is -0.407. The molecule has 0 unspecified atom stereocenters. The molecule has 0 aliphatic carbocycles. The fourth-order valence-corrected chi connectivity index (χ4v) is 3.28. The van der Waals surface area contributed by atoms with E-state index in [1.54, 1.807) is 6.92 Å². The molecule has 1 aliphatic heterocycles. The minimum absolute atomic E-state index is 0. The van der Waals surface area contributed by atoms with Crippen molar-refractivity contribution in [3.63, 3.8) is 0 Å². The number of carbonyl (C=O) groups excluding carboxylic acids is 1. The van der Waals surface area contributed by atoms with Crippen molar-refractivity contribution in [1.82, 2.24) is 19.7 Å². The smallest absolute Gasteiger partial charge is 0.331 e. The number of fused-ring (bicyclic) bond motifs is 1. The van der Waals surface area contributed by atoms with Gasteiger partial charge in [0.05, 0.1) is 6.54 Å². The summed E-state index contributed by atoms with van der Waals surface area (Å²) in [5.41, 5.74) is 5.68. The summed E-state index contributed by atoms with van der Waals surface area (Å²) in [7, 11) is 0. The summed E-state index contributed by atoms with van der Waals surface area (Å²) in [6.45, 7) is 1.24. The van der Waals surface area contributed by atoms with Crippen LogP contribution in [-0.4, -0.2) is 37.7 Å². The summed E-state index contributed by atoms with van der Waals surface area (Å²) < 4.78 is 79.8. The van der Waals surface area contributed by atoms with Crippen LogP contribution in [-0.2, 0) is 30.5 Å². The molecule has 1 aliphatic rings. The number of benzene rings is 1. The highest BCUT2D eigenvalue weighted by molar-refractivity contribution is 5.85. The summed E-state index contributed by atoms with van der Waals surface area (Å²) in [4.78, 5) is 13.9. The van der Waals surface area contributed by atoms with Crippen molar-refractivity contribution >= 4 is 18.3 Å². The second-order valence-corrected chi connectivity index (χ2v) is 6.94. The lowest BCUT2D eigenvalue weighted by atomic mass is 10.0. The fraction of sp³-hybridized carbons (Fsp3) is 0.471. The molecule has 13 heteroatoms. The Balaban J connectivity index is 0.00000320. The molecule has 0 spiro atoms. The number of carbonyl (C=O) groups is 1. The minimum Gasteiger partial charge on any atom is -0.331 e. The molecule has 166 valence electrons. The average molecular weight is 458 g/mol. The number of nitrogens with zero attached hydrogens (tertiary/aromatic N) is 4. The minimum atomic E-state index is -4.66. The van der Waals surface area contributed by atoms with Crippen LogP contribution < -0.4 is 5.73 Å². The van der Waals surface area contributed by atoms with Crippen LogP contribution in [0.4, 0.5) is 26.3 Å². The van der Waals surface area contributed by atoms with E-state index >= 15 is 0 Å². The Bertz CT molecular complexity index is 934. The Kier molecular flexibility index (Phi) is 7.02. The Labute approximate surface area is 173 Å². The van der Waals surface area contributed by atoms with Gasteiger partial charge in [-0.2, -0.15) is 13.2 Å². The summed E-state index contributed by atoms with van der Waals surface area (Å²) in [5.74, 6) is -5.16. The number of halogens is 7. The summed E-state index contributed by atoms with van der Waals surface area (Å²) in [5, 5.41) is 6.66. The molecule has 30 heavy (non-hydrogen) atoms. The van der Waals surface area contributed by atoms with Crippen LogP contribution in [0.3, 0.4) is 0 Å². The molecule has 0 fully saturated rings. The van der Waals surface area contributed by atoms with E-state index in [0.29, 0.717) is 12.1 Å². The van der Waals surface area contributed by atoms with E-state index in [2.05, 4.69) is 10.2 Å². The maximum Gasteiger partial charge on any atom is 0.451 e. The highest BCUT2D eigenvalue weighted by atomic mass is 35.5. The van der Waals surface area contributed by atoms with Gasteiger partial charge in [-0.15, -0.1) is 22.6 Å². The highest BCUT2D eigenvalue weighted by Gasteiger charge is 2.41. The third kappa shape index (κ3) is 4.86. The average Bonchev–Trinajstić information content (AvgIpc) is 3.01. The Hall–Kier alpha value is -2.34. The van der Waals surface area contributed by atoms with E-state index in [9.17, 15) is 31.1 Å². The van der Waals surface area contributed by atoms with Crippen molar-refractivity contribution in [1.29, 1.82) is 0 Å². The number of hydrogen-bond donors (Lipinski definition) is 1. The van der Waals surface area contributed by atoms with Gasteiger partial charge in [-0.05, 0) is 25.0 Å². The van der Waals surface area contributed by atoms with Gasteiger partial charge in [-0.25, -0.2) is 13.2 Å². The van der Waals surface area contributed by atoms with Crippen LogP contribution in [0.5, 0.6) is 0 Å². The molecule has 6 nitrogen and oxygen atoms in total. The molecule has 1 amide bonds. The molecular formula is C17H18ClF6N5O. The monoisotopic (exact) mass is 457 g/mol. The quantitative estimate of drug-likeness (QED) is 0.566. The first kappa shape index (κ1) is 23.9. The first-order valence-corrected chi connectivity index (χ1v) is 8.65. The van der Waals surface area contributed by atoms with Crippen molar-refractivity contribution < 1.29 is 31.1 Å². The van der Waals surface area contributed by atoms with Crippen LogP contribution in [0.25, 0.3) is 0 Å². The van der Waals surface area contributed by atoms with Gasteiger partial charge < -0.3 is 15.2 Å². The van der Waals surface area contributed by atoms with Crippen molar-refractivity contribution in [2.24, 2.45) is 5.73 Å². The number of aromatic nitrogens is 3. The van der Waals surface area contributed by atoms with Crippen molar-refractivity contribution in [2.45, 2.75) is 51.1 Å². The van der Waals surface area contributed by atoms with E-state index in [0.717, 1.165) is 4.57 Å². The van der Waals surface area contributed by atoms with Crippen LogP contribution in [0, 0.1) is 17.5 Å². The zero-order valence-electron chi connectivity index (χ0n) is 15.6. The lowest BCUT2D eigenvalue weighted by Crippen LogP contribution is -2.47. The molecule has 2 N–H and O–H groups in total. The Morgan fingerprint density at radius 3 is 2.47 bits per heavy atom. The normalized spacial score (nSPS) is 17.3. The molecular weight excluding hydrogens is 440 g/mol. The maximum atomic E-state index is 13.7. The van der Waals surface area contributed by atoms with E-state index in [4.69, 9.17) is 5.73 Å². The molecule has 0 saturated carbocycles. The number of nitrogens with two attached hydrogens (primary N) is 1. The first-order chi connectivity index (χ1) is 13.5. The third-order valence-electron chi connectivity index (χ3n) is 4.70. The van der Waals surface area contributed by atoms with Crippen LogP contribution in [0.15, 0.2) is 12.1 Å². The SMILES string of the molecule is C[C@H]1Cn2c(nnc2C(F)(F)F)CN1C(=O)C[C@H](N)Cc1cc(F)c(F)cc1F.Cl. The van der Waals surface area contributed by atoms with E-state index in [1.165, 1.54) is 4.90 Å². The van der Waals surface area contributed by atoms with E-state index < -0.39 is 47.4 Å². The Morgan fingerprint density at radius 2 is 1.83 bits per heavy atom. The molecule has 0 saturated heterocycles. The van der Waals surface area contributed by atoms with Crippen molar-refractivity contribution in [2.75, 3.05) is 0 Å². The van der Waals surface area contributed by atoms with Crippen molar-refractivity contribution in [3.05, 3.63) is 46.8 Å². The highest BCUT2D eigenvalue weighted by Crippen LogP contribution is 2.30. The molecule has 2 aromatic rings. The molecule has 0 bridgehead atoms. The largest absolute Gasteiger partial charge is 0.451 e. The second kappa shape index (κ2) is 8.80. The second-order valence-electron chi connectivity index (χ2n) is 6.94. The molecule has 1 aromatic heterocycles. The van der Waals surface area contributed by atoms with Gasteiger partial charge in [0.15, 0.2) is 17.5 Å². The number of rotatable bonds is 4. The summed E-state index contributed by atoms with van der Waals surface area (Å²) in [6.07, 6.45) is -5.14. The predicted molar refractivity (Wildman–Crippen MR) is 94.9 cm³/mol. The molecule has 0 radical (unpaired) electrons. The number of amides is 1. The fourth-order valence-electron chi connectivity index (χ4n) is 3.28. The molecule has 3 rings (SSSR count). The van der Waals surface area contributed by atoms with Crippen molar-refractivity contribution in [3.8, 4) is 0 Å². The standard InChI is InChI=1S/C17H17F6N5O.ClH/c1-8-6-28-14(25-26-16(28)17(21,22)23)7-27(8)15(29)4-10(24)2-9-3-12(19)13(20)5-11(9)18;/h3,5,8,10H,2,4,6-7,24H2,1H3;1H/t8-,10+;/m0./s1. The summed E-state index contributed by atoms with van der Waals surface area (Å²) >= 11 is 0. The van der Waals surface area contributed by atoms with Gasteiger partial charge in [-0.1, -0.05) is 0 Å². The van der Waals surface area contributed by atoms with Gasteiger partial charge in [-0.3, -0.25) is 4.79 Å². The molecule has 1 aromatic carbocycles. The lowest BCUT2D eigenvalue weighted by molar-refractivity contribution is -0.148. The van der Waals surface area contributed by atoms with Crippen LogP contribution >= 0.6 is 12.4 Å².